The second-order valence-electron chi connectivity index (χ2n) is 4.03. The summed E-state index contributed by atoms with van der Waals surface area (Å²) < 4.78 is 63.2. The lowest BCUT2D eigenvalue weighted by molar-refractivity contribution is -0.189. The monoisotopic (exact) mass is 307 g/mol. The van der Waals surface area contributed by atoms with Crippen LogP contribution >= 0.6 is 0 Å². The van der Waals surface area contributed by atoms with Crippen LogP contribution in [0.25, 0.3) is 10.8 Å². The zero-order chi connectivity index (χ0) is 15.1. The number of hydrogen-bond donors (Lipinski definition) is 1. The van der Waals surface area contributed by atoms with Gasteiger partial charge in [-0.2, -0.15) is 13.2 Å². The van der Waals surface area contributed by atoms with E-state index in [0.29, 0.717) is 5.39 Å². The first-order valence-corrected chi connectivity index (χ1v) is 7.08. The van der Waals surface area contributed by atoms with Crippen LogP contribution in [0.15, 0.2) is 29.3 Å². The van der Waals surface area contributed by atoms with Crippen molar-refractivity contribution in [2.24, 2.45) is 0 Å². The van der Waals surface area contributed by atoms with Crippen LogP contribution in [0.3, 0.4) is 0 Å². The lowest BCUT2D eigenvalue weighted by Gasteiger charge is -2.05. The molecule has 0 fully saturated rings. The fraction of sp³-hybridized carbons (Fsp3) is 0.182. The Balaban J connectivity index is 2.42. The van der Waals surface area contributed by atoms with Crippen LogP contribution in [0.1, 0.15) is 0 Å². The van der Waals surface area contributed by atoms with Crippen LogP contribution < -0.4 is 4.74 Å². The highest BCUT2D eigenvalue weighted by Gasteiger charge is 2.41. The summed E-state index contributed by atoms with van der Waals surface area (Å²) in [5.41, 5.74) is 0. The van der Waals surface area contributed by atoms with Gasteiger partial charge in [-0.3, -0.25) is 0 Å². The molecule has 0 radical (unpaired) electrons. The van der Waals surface area contributed by atoms with E-state index in [1.807, 2.05) is 0 Å². The van der Waals surface area contributed by atoms with Crippen molar-refractivity contribution in [2.45, 2.75) is 11.1 Å². The maximum atomic E-state index is 12.1. The van der Waals surface area contributed by atoms with Crippen LogP contribution in [0.2, 0.25) is 0 Å². The summed E-state index contributed by atoms with van der Waals surface area (Å²) in [6.07, 6.45) is -2.85. The van der Waals surface area contributed by atoms with Gasteiger partial charge in [0.25, 0.3) is 0 Å². The number of aromatic nitrogens is 1. The maximum Gasteiger partial charge on any atom is 0.491 e. The molecule has 0 saturated heterocycles. The predicted molar refractivity (Wildman–Crippen MR) is 63.1 cm³/mol. The molecular weight excluding hydrogens is 299 g/mol. The molecule has 20 heavy (non-hydrogen) atoms. The lowest BCUT2D eigenvalue weighted by Crippen LogP contribution is -2.28. The minimum absolute atomic E-state index is 0.0118. The Bertz CT molecular complexity index is 777. The number of carbonyl (C=O) groups is 1. The Morgan fingerprint density at radius 1 is 1.30 bits per heavy atom. The van der Waals surface area contributed by atoms with Gasteiger partial charge in [0.05, 0.1) is 4.90 Å². The second-order valence-corrected chi connectivity index (χ2v) is 6.04. The van der Waals surface area contributed by atoms with Crippen molar-refractivity contribution < 1.29 is 31.1 Å². The number of fused-ring (bicyclic) bond motifs is 1. The van der Waals surface area contributed by atoms with E-state index in [2.05, 4.69) is 9.72 Å². The van der Waals surface area contributed by atoms with Crippen molar-refractivity contribution in [3.8, 4) is 5.88 Å². The van der Waals surface area contributed by atoms with Gasteiger partial charge in [0.15, 0.2) is 9.84 Å². The number of benzene rings is 1. The topological polar surface area (TPSA) is 76.2 Å². The van der Waals surface area contributed by atoms with Crippen molar-refractivity contribution in [2.75, 3.05) is 6.26 Å². The van der Waals surface area contributed by atoms with Crippen LogP contribution in [-0.2, 0) is 14.6 Å². The largest absolute Gasteiger partial charge is 0.491 e. The Labute approximate surface area is 111 Å². The van der Waals surface area contributed by atoms with Crippen molar-refractivity contribution in [1.82, 2.24) is 4.98 Å². The van der Waals surface area contributed by atoms with Crippen LogP contribution in [-0.4, -0.2) is 31.8 Å². The van der Waals surface area contributed by atoms with Crippen LogP contribution in [0.4, 0.5) is 13.2 Å². The number of sulfone groups is 1. The fourth-order valence-corrected chi connectivity index (χ4v) is 2.21. The molecule has 0 unspecified atom stereocenters. The second kappa shape index (κ2) is 4.51. The number of nitrogens with one attached hydrogen (secondary N) is 1. The van der Waals surface area contributed by atoms with E-state index < -0.39 is 22.0 Å². The molecule has 0 saturated carbocycles. The quantitative estimate of drug-likeness (QED) is 0.861. The van der Waals surface area contributed by atoms with Crippen molar-refractivity contribution in [3.63, 3.8) is 0 Å². The number of carbonyl (C=O) groups excluding carboxylic acids is 1. The molecule has 9 heteroatoms. The third kappa shape index (κ3) is 2.77. The van der Waals surface area contributed by atoms with Gasteiger partial charge in [-0.1, -0.05) is 0 Å². The van der Waals surface area contributed by atoms with Gasteiger partial charge < -0.3 is 9.72 Å². The predicted octanol–water partition coefficient (Wildman–Crippen LogP) is 2.04. The molecule has 1 N–H and O–H groups in total. The van der Waals surface area contributed by atoms with Crippen LogP contribution in [0, 0.1) is 0 Å². The summed E-state index contributed by atoms with van der Waals surface area (Å²) >= 11 is 0. The molecule has 5 nitrogen and oxygen atoms in total. The number of H-pyrrole nitrogens is 1. The molecule has 2 rings (SSSR count). The zero-order valence-electron chi connectivity index (χ0n) is 9.98. The Morgan fingerprint density at radius 3 is 2.50 bits per heavy atom. The smallest absolute Gasteiger partial charge is 0.402 e. The van der Waals surface area contributed by atoms with Crippen molar-refractivity contribution in [1.29, 1.82) is 0 Å². The molecule has 0 aliphatic carbocycles. The Morgan fingerprint density at radius 2 is 1.95 bits per heavy atom. The molecule has 2 aromatic rings. The van der Waals surface area contributed by atoms with Crippen molar-refractivity contribution >= 4 is 26.6 Å². The minimum Gasteiger partial charge on any atom is -0.402 e. The first-order valence-electron chi connectivity index (χ1n) is 5.19. The van der Waals surface area contributed by atoms with E-state index in [-0.39, 0.29) is 16.2 Å². The summed E-state index contributed by atoms with van der Waals surface area (Å²) in [6, 6.07) is 3.75. The molecule has 0 spiro atoms. The molecule has 0 aliphatic heterocycles. The number of aromatic amines is 1. The van der Waals surface area contributed by atoms with Gasteiger partial charge in [-0.15, -0.1) is 0 Å². The number of ether oxygens (including phenoxy) is 1. The highest BCUT2D eigenvalue weighted by molar-refractivity contribution is 7.90. The number of alkyl halides is 3. The van der Waals surface area contributed by atoms with Crippen LogP contribution in [0.5, 0.6) is 5.88 Å². The molecule has 1 aromatic heterocycles. The summed E-state index contributed by atoms with van der Waals surface area (Å²) in [4.78, 5) is 13.1. The van der Waals surface area contributed by atoms with Gasteiger partial charge in [0.2, 0.25) is 5.88 Å². The first-order chi connectivity index (χ1) is 9.09. The van der Waals surface area contributed by atoms with Gasteiger partial charge in [0.1, 0.15) is 0 Å². The number of esters is 1. The third-order valence-electron chi connectivity index (χ3n) is 2.48. The SMILES string of the molecule is CS(=O)(=O)c1ccc2c(OC(=O)C(F)(F)F)[nH]cc2c1. The standard InChI is InChI=1S/C11H8F3NO4S/c1-20(17,18)7-2-3-8-6(4-7)5-15-9(8)19-10(16)11(12,13)14/h2-5,15H,1H3. The summed E-state index contributed by atoms with van der Waals surface area (Å²) in [5, 5.41) is 0.493. The van der Waals surface area contributed by atoms with E-state index in [0.717, 1.165) is 6.26 Å². The van der Waals surface area contributed by atoms with Gasteiger partial charge in [-0.25, -0.2) is 13.2 Å². The molecule has 108 valence electrons. The minimum atomic E-state index is -5.11. The summed E-state index contributed by atoms with van der Waals surface area (Å²) in [6.45, 7) is 0. The average Bonchev–Trinajstić information content (AvgIpc) is 2.69. The highest BCUT2D eigenvalue weighted by atomic mass is 32.2. The van der Waals surface area contributed by atoms with E-state index >= 15 is 0 Å². The number of halogens is 3. The molecule has 0 aliphatic rings. The van der Waals surface area contributed by atoms with E-state index in [9.17, 15) is 26.4 Å². The van der Waals surface area contributed by atoms with Gasteiger partial charge >= 0.3 is 12.1 Å². The first kappa shape index (κ1) is 14.4. The Hall–Kier alpha value is -2.03. The number of hydrogen-bond acceptors (Lipinski definition) is 4. The normalized spacial score (nSPS) is 12.6. The zero-order valence-corrected chi connectivity index (χ0v) is 10.8. The maximum absolute atomic E-state index is 12.1. The van der Waals surface area contributed by atoms with E-state index in [4.69, 9.17) is 0 Å². The van der Waals surface area contributed by atoms with Gasteiger partial charge in [-0.05, 0) is 18.2 Å². The third-order valence-corrected chi connectivity index (χ3v) is 3.59. The van der Waals surface area contributed by atoms with E-state index in [1.165, 1.54) is 24.4 Å². The molecule has 0 atom stereocenters. The average molecular weight is 307 g/mol. The molecule has 0 amide bonds. The molecule has 1 heterocycles. The summed E-state index contributed by atoms with van der Waals surface area (Å²) in [5.74, 6) is -2.74. The summed E-state index contributed by atoms with van der Waals surface area (Å²) in [7, 11) is -3.43. The molecular formula is C11H8F3NO4S. The molecule has 0 bridgehead atoms. The highest BCUT2D eigenvalue weighted by Crippen LogP contribution is 2.29. The fourth-order valence-electron chi connectivity index (χ4n) is 1.55. The number of rotatable bonds is 2. The van der Waals surface area contributed by atoms with Gasteiger partial charge in [0, 0.05) is 23.2 Å². The Kier molecular flexibility index (Phi) is 3.24. The van der Waals surface area contributed by atoms with Crippen molar-refractivity contribution in [3.05, 3.63) is 24.4 Å². The molecule has 1 aromatic carbocycles. The lowest BCUT2D eigenvalue weighted by atomic mass is 10.2. The van der Waals surface area contributed by atoms with E-state index in [1.54, 1.807) is 0 Å².